The van der Waals surface area contributed by atoms with Gasteiger partial charge in [0.05, 0.1) is 33.4 Å². The average molecular weight is 622 g/mol. The molecule has 7 nitrogen and oxygen atoms in total. The van der Waals surface area contributed by atoms with Gasteiger partial charge in [-0.15, -0.1) is 0 Å². The maximum atomic E-state index is 14.6. The van der Waals surface area contributed by atoms with Crippen LogP contribution in [0.25, 0.3) is 0 Å². The normalized spacial score (nSPS) is 23.2. The number of benzene rings is 2. The lowest BCUT2D eigenvalue weighted by Gasteiger charge is -2.53. The summed E-state index contributed by atoms with van der Waals surface area (Å²) in [7, 11) is -3.14. The molecule has 1 aliphatic rings. The van der Waals surface area contributed by atoms with Crippen LogP contribution in [0.4, 0.5) is 0 Å². The first kappa shape index (κ1) is 32.8. The fourth-order valence-electron chi connectivity index (χ4n) is 5.61. The number of hydrogen-bond acceptors (Lipinski definition) is 4. The number of carbonyl (C=O) groups excluding carboxylic acids is 2. The van der Waals surface area contributed by atoms with Crippen molar-refractivity contribution in [2.45, 2.75) is 70.7 Å². The molecule has 0 unspecified atom stereocenters. The number of piperidine rings is 1. The van der Waals surface area contributed by atoms with Gasteiger partial charge in [-0.25, -0.2) is 4.21 Å². The van der Waals surface area contributed by atoms with Crippen molar-refractivity contribution in [2.24, 2.45) is 15.7 Å². The highest BCUT2D eigenvalue weighted by molar-refractivity contribution is 7.94. The molecule has 41 heavy (non-hydrogen) atoms. The van der Waals surface area contributed by atoms with Gasteiger partial charge in [0.1, 0.15) is 0 Å². The molecule has 2 amide bonds. The minimum Gasteiger partial charge on any atom is -0.481 e. The Morgan fingerprint density at radius 1 is 1.12 bits per heavy atom. The van der Waals surface area contributed by atoms with Crippen molar-refractivity contribution in [3.05, 3.63) is 82.4 Å². The second-order valence-electron chi connectivity index (χ2n) is 11.6. The smallest absolute Gasteiger partial charge is 0.304 e. The van der Waals surface area contributed by atoms with Crippen LogP contribution in [-0.4, -0.2) is 49.0 Å². The van der Waals surface area contributed by atoms with Gasteiger partial charge in [0.2, 0.25) is 5.91 Å². The van der Waals surface area contributed by atoms with Crippen molar-refractivity contribution in [2.75, 3.05) is 5.75 Å². The van der Waals surface area contributed by atoms with Crippen molar-refractivity contribution < 1.29 is 23.7 Å². The van der Waals surface area contributed by atoms with E-state index in [0.717, 1.165) is 17.2 Å². The third kappa shape index (κ3) is 7.40. The number of carboxylic acids is 1. The highest BCUT2D eigenvalue weighted by Gasteiger charge is 2.53. The third-order valence-electron chi connectivity index (χ3n) is 7.82. The number of nitrogens with zero attached hydrogens (tertiary/aromatic N) is 2. The lowest BCUT2D eigenvalue weighted by atomic mass is 9.66. The molecule has 1 saturated heterocycles. The zero-order chi connectivity index (χ0) is 30.7. The van der Waals surface area contributed by atoms with Crippen LogP contribution in [0.1, 0.15) is 70.5 Å². The molecule has 0 aromatic heterocycles. The highest BCUT2D eigenvalue weighted by atomic mass is 35.5. The number of carbonyl (C=O) groups is 3. The van der Waals surface area contributed by atoms with Crippen LogP contribution in [0.15, 0.2) is 65.5 Å². The average Bonchev–Trinajstić information content (AvgIpc) is 2.88. The first-order valence-electron chi connectivity index (χ1n) is 13.6. The number of amides is 2. The summed E-state index contributed by atoms with van der Waals surface area (Å²) in [6, 6.07) is 13.4. The van der Waals surface area contributed by atoms with Crippen molar-refractivity contribution in [1.29, 1.82) is 0 Å². The van der Waals surface area contributed by atoms with Crippen LogP contribution in [0, 0.1) is 11.3 Å². The van der Waals surface area contributed by atoms with Gasteiger partial charge in [0.15, 0.2) is 0 Å². The van der Waals surface area contributed by atoms with E-state index >= 15 is 0 Å². The van der Waals surface area contributed by atoms with E-state index in [1.807, 2.05) is 44.2 Å². The van der Waals surface area contributed by atoms with Gasteiger partial charge in [-0.05, 0) is 53.8 Å². The molecule has 2 aromatic carbocycles. The molecular formula is C31H38Cl2N2O5S. The van der Waals surface area contributed by atoms with E-state index in [9.17, 15) is 23.7 Å². The fourth-order valence-corrected chi connectivity index (χ4v) is 8.02. The van der Waals surface area contributed by atoms with Crippen molar-refractivity contribution in [3.8, 4) is 0 Å². The van der Waals surface area contributed by atoms with E-state index in [2.05, 4.69) is 10.9 Å². The summed E-state index contributed by atoms with van der Waals surface area (Å²) < 4.78 is 18.3. The molecule has 0 spiro atoms. The Morgan fingerprint density at radius 2 is 1.76 bits per heavy atom. The number of aliphatic carboxylic acids is 1. The summed E-state index contributed by atoms with van der Waals surface area (Å²) >= 11 is 12.6. The summed E-state index contributed by atoms with van der Waals surface area (Å²) in [5, 5.41) is 10.4. The molecule has 3 rings (SSSR count). The van der Waals surface area contributed by atoms with Crippen molar-refractivity contribution >= 4 is 50.7 Å². The topological polar surface area (TPSA) is 104 Å². The Balaban J connectivity index is 2.35. The minimum atomic E-state index is -3.14. The summed E-state index contributed by atoms with van der Waals surface area (Å²) in [4.78, 5) is 40.6. The second-order valence-corrected chi connectivity index (χ2v) is 15.3. The minimum absolute atomic E-state index is 0.0663. The van der Waals surface area contributed by atoms with E-state index in [1.54, 1.807) is 43.9 Å². The predicted molar refractivity (Wildman–Crippen MR) is 165 cm³/mol. The van der Waals surface area contributed by atoms with Crippen LogP contribution in [0.3, 0.4) is 0 Å². The zero-order valence-corrected chi connectivity index (χ0v) is 26.4. The molecule has 2 aromatic rings. The van der Waals surface area contributed by atoms with Crippen LogP contribution < -0.4 is 0 Å². The molecule has 0 radical (unpaired) electrons. The van der Waals surface area contributed by atoms with Gasteiger partial charge in [-0.1, -0.05) is 88.7 Å². The summed E-state index contributed by atoms with van der Waals surface area (Å²) in [5.74, 6) is -2.75. The quantitative estimate of drug-likeness (QED) is 0.284. The summed E-state index contributed by atoms with van der Waals surface area (Å²) in [5.41, 5.74) is 0.387. The van der Waals surface area contributed by atoms with Crippen molar-refractivity contribution in [3.63, 3.8) is 0 Å². The molecule has 10 heteroatoms. The first-order valence-corrected chi connectivity index (χ1v) is 16.1. The van der Waals surface area contributed by atoms with E-state index in [1.165, 1.54) is 0 Å². The standard InChI is InChI=1S/C31H38Cl2N2O5S/c1-7-27(36)34-41(40,20(4)5)18-26(19(2)3)35-29(21-11-13-23(32)14-12-21)25(22-9-8-10-24(33)15-22)16-31(6,30(35)39)17-28(37)38/h7-15,19-20,25-26,29H,1,16-18H2,2-6H3,(H,37,38)/t25-,26-,29-,31-,41-/m1/s1. The van der Waals surface area contributed by atoms with Crippen LogP contribution in [0.5, 0.6) is 0 Å². The number of rotatable bonds is 10. The Morgan fingerprint density at radius 3 is 2.27 bits per heavy atom. The van der Waals surface area contributed by atoms with Crippen molar-refractivity contribution in [1.82, 2.24) is 4.90 Å². The van der Waals surface area contributed by atoms with Crippen LogP contribution >= 0.6 is 23.2 Å². The molecule has 1 fully saturated rings. The first-order chi connectivity index (χ1) is 19.1. The lowest BCUT2D eigenvalue weighted by molar-refractivity contribution is -0.161. The molecule has 1 aliphatic heterocycles. The van der Waals surface area contributed by atoms with E-state index in [-0.39, 0.29) is 36.3 Å². The second kappa shape index (κ2) is 13.1. The maximum Gasteiger partial charge on any atom is 0.304 e. The largest absolute Gasteiger partial charge is 0.481 e. The predicted octanol–water partition coefficient (Wildman–Crippen LogP) is 7.15. The molecular weight excluding hydrogens is 583 g/mol. The summed E-state index contributed by atoms with van der Waals surface area (Å²) in [6.45, 7) is 12.4. The summed E-state index contributed by atoms with van der Waals surface area (Å²) in [6.07, 6.45) is 0.899. The van der Waals surface area contributed by atoms with Gasteiger partial charge in [-0.2, -0.15) is 4.36 Å². The van der Waals surface area contributed by atoms with Gasteiger partial charge >= 0.3 is 5.97 Å². The van der Waals surface area contributed by atoms with Gasteiger partial charge in [0.25, 0.3) is 5.91 Å². The van der Waals surface area contributed by atoms with E-state index in [0.29, 0.717) is 10.0 Å². The zero-order valence-electron chi connectivity index (χ0n) is 24.1. The Kier molecular flexibility index (Phi) is 10.5. The number of hydrogen-bond donors (Lipinski definition) is 1. The molecule has 0 saturated carbocycles. The van der Waals surface area contributed by atoms with Gasteiger partial charge in [0, 0.05) is 27.3 Å². The highest BCUT2D eigenvalue weighted by Crippen LogP contribution is 2.52. The Hall–Kier alpha value is -2.68. The molecule has 5 atom stereocenters. The number of halogens is 2. The fraction of sp³-hybridized carbons (Fsp3) is 0.452. The molecule has 0 aliphatic carbocycles. The molecule has 222 valence electrons. The lowest BCUT2D eigenvalue weighted by Crippen LogP contribution is -2.59. The van der Waals surface area contributed by atoms with E-state index in [4.69, 9.17) is 23.2 Å². The molecule has 1 N–H and O–H groups in total. The monoisotopic (exact) mass is 620 g/mol. The molecule has 1 heterocycles. The number of carboxylic acid groups (broad SMARTS) is 1. The molecule has 0 bridgehead atoms. The van der Waals surface area contributed by atoms with E-state index < -0.39 is 44.4 Å². The van der Waals surface area contributed by atoms with Gasteiger partial charge in [-0.3, -0.25) is 14.4 Å². The SMILES string of the molecule is C=CC(=O)N=[S@@](=O)(C[C@H](C(C)C)N1C(=O)[C@@](C)(CC(=O)O)C[C@H](c2cccc(Cl)c2)[C@H]1c1ccc(Cl)cc1)C(C)C. The van der Waals surface area contributed by atoms with Crippen LogP contribution in [-0.2, 0) is 24.1 Å². The van der Waals surface area contributed by atoms with Crippen LogP contribution in [0.2, 0.25) is 10.0 Å². The third-order valence-corrected chi connectivity index (χ3v) is 11.1. The van der Waals surface area contributed by atoms with Gasteiger partial charge < -0.3 is 10.0 Å². The Labute approximate surface area is 253 Å². The Bertz CT molecular complexity index is 1430. The number of likely N-dealkylation sites (tertiary alicyclic amines) is 1. The maximum absolute atomic E-state index is 14.6.